The Bertz CT molecular complexity index is 1430. The molecule has 2 unspecified atom stereocenters. The highest BCUT2D eigenvalue weighted by atomic mass is 31.2. The molecule has 0 aliphatic heterocycles. The van der Waals surface area contributed by atoms with Crippen molar-refractivity contribution in [2.75, 3.05) is 54.1 Å². The highest BCUT2D eigenvalue weighted by Crippen LogP contribution is 2.38. The summed E-state index contributed by atoms with van der Waals surface area (Å²) < 4.78 is 34.7. The van der Waals surface area contributed by atoms with E-state index in [9.17, 15) is 14.3 Å². The van der Waals surface area contributed by atoms with Crippen LogP contribution in [-0.4, -0.2) is 70.7 Å². The van der Waals surface area contributed by atoms with Crippen LogP contribution in [0, 0.1) is 0 Å². The monoisotopic (exact) mass is 954 g/mol. The topological polar surface area (TPSA) is 94.1 Å². The summed E-state index contributed by atoms with van der Waals surface area (Å²) in [4.78, 5) is 25.2. The van der Waals surface area contributed by atoms with Crippen LogP contribution >= 0.6 is 7.82 Å². The molecule has 0 amide bonds. The summed E-state index contributed by atoms with van der Waals surface area (Å²) >= 11 is 0. The van der Waals surface area contributed by atoms with E-state index in [-0.39, 0.29) is 32.2 Å². The van der Waals surface area contributed by atoms with Crippen LogP contribution in [0.1, 0.15) is 194 Å². The van der Waals surface area contributed by atoms with Crippen molar-refractivity contribution in [1.29, 1.82) is 0 Å². The SMILES string of the molecule is CC/C=C\C/C=C\C/C=C\C/C=C\C/C=C\C/C=C\C/C=C\CCCCCC(=O)OC(COCCCCCCCCCCCC/C=C\C/C=C\CCCCC)COP(=O)([O-])OCC[N+](C)(C)C. The number of unbranched alkanes of at least 4 members (excludes halogenated alkanes) is 16. The highest BCUT2D eigenvalue weighted by molar-refractivity contribution is 7.45. The second-order valence-corrected chi connectivity index (χ2v) is 19.9. The molecule has 0 N–H and O–H groups in total. The molecule has 0 aromatic heterocycles. The van der Waals surface area contributed by atoms with Crippen molar-refractivity contribution in [3.05, 3.63) is 109 Å². The molecular weight excluding hydrogens is 854 g/mol. The van der Waals surface area contributed by atoms with Gasteiger partial charge in [-0.2, -0.15) is 0 Å². The zero-order valence-electron chi connectivity index (χ0n) is 43.6. The third-order valence-electron chi connectivity index (χ3n) is 10.8. The van der Waals surface area contributed by atoms with Crippen LogP contribution in [-0.2, 0) is 27.9 Å². The molecule has 0 rings (SSSR count). The van der Waals surface area contributed by atoms with Gasteiger partial charge in [-0.3, -0.25) is 9.36 Å². The van der Waals surface area contributed by atoms with Gasteiger partial charge in [0.2, 0.25) is 0 Å². The summed E-state index contributed by atoms with van der Waals surface area (Å²) in [7, 11) is 1.31. The molecular formula is C58H100NO7P. The first-order chi connectivity index (χ1) is 32.6. The van der Waals surface area contributed by atoms with Gasteiger partial charge in [0.1, 0.15) is 19.3 Å². The number of hydrogen-bond acceptors (Lipinski definition) is 7. The molecule has 0 bridgehead atoms. The number of quaternary nitrogens is 1. The lowest BCUT2D eigenvalue weighted by Crippen LogP contribution is -2.37. The van der Waals surface area contributed by atoms with E-state index in [2.05, 4.69) is 123 Å². The van der Waals surface area contributed by atoms with Crippen LogP contribution < -0.4 is 4.89 Å². The molecule has 0 aromatic rings. The number of phosphoric ester groups is 1. The van der Waals surface area contributed by atoms with Crippen molar-refractivity contribution in [3.63, 3.8) is 0 Å². The first-order valence-electron chi connectivity index (χ1n) is 26.6. The normalized spacial score (nSPS) is 14.4. The Morgan fingerprint density at radius 3 is 1.30 bits per heavy atom. The van der Waals surface area contributed by atoms with Crippen LogP contribution in [0.2, 0.25) is 0 Å². The average molecular weight is 954 g/mol. The zero-order valence-corrected chi connectivity index (χ0v) is 44.5. The maximum Gasteiger partial charge on any atom is 0.306 e. The molecule has 0 aromatic carbocycles. The lowest BCUT2D eigenvalue weighted by atomic mass is 10.1. The van der Waals surface area contributed by atoms with E-state index in [1.165, 1.54) is 83.5 Å². The quantitative estimate of drug-likeness (QED) is 0.0197. The standard InChI is InChI=1S/C58H100NO7P/c1-6-8-10-12-14-16-18-20-22-24-26-28-29-30-31-32-33-35-37-39-41-43-45-47-49-51-58(60)66-57(56-65-67(61,62)64-54-52-59(3,4)5)55-63-53-50-48-46-44-42-40-38-36-34-27-25-23-21-19-17-15-13-11-9-7-2/h8,10,14-17,20-23,26,28,30-31,33,35,39,41,57H,6-7,9,11-13,18-19,24-25,27,29,32,34,36-38,40,42-56H2,1-5H3/b10-8-,16-14-,17-15-,22-20-,23-21-,28-26-,31-30-,35-33-,41-39-. The summed E-state index contributed by atoms with van der Waals surface area (Å²) in [6.07, 6.45) is 69.7. The Labute approximate surface area is 412 Å². The molecule has 0 aliphatic rings. The molecule has 2 atom stereocenters. The van der Waals surface area contributed by atoms with Gasteiger partial charge >= 0.3 is 5.97 Å². The molecule has 67 heavy (non-hydrogen) atoms. The molecule has 0 heterocycles. The van der Waals surface area contributed by atoms with Gasteiger partial charge in [-0.1, -0.05) is 194 Å². The van der Waals surface area contributed by atoms with Crippen molar-refractivity contribution in [2.45, 2.75) is 200 Å². The number of phosphoric acid groups is 1. The van der Waals surface area contributed by atoms with Gasteiger partial charge in [0.25, 0.3) is 7.82 Å². The smallest absolute Gasteiger partial charge is 0.306 e. The molecule has 384 valence electrons. The van der Waals surface area contributed by atoms with Gasteiger partial charge in [0, 0.05) is 13.0 Å². The maximum atomic E-state index is 12.8. The fourth-order valence-corrected chi connectivity index (χ4v) is 7.46. The second kappa shape index (κ2) is 49.6. The minimum atomic E-state index is -4.55. The van der Waals surface area contributed by atoms with Crippen molar-refractivity contribution in [3.8, 4) is 0 Å². The molecule has 0 aliphatic carbocycles. The number of allylic oxidation sites excluding steroid dienone is 18. The molecule has 9 heteroatoms. The van der Waals surface area contributed by atoms with Crippen LogP contribution in [0.3, 0.4) is 0 Å². The first kappa shape index (κ1) is 64.2. The summed E-state index contributed by atoms with van der Waals surface area (Å²) in [5.41, 5.74) is 0. The van der Waals surface area contributed by atoms with Gasteiger partial charge in [0.15, 0.2) is 0 Å². The lowest BCUT2D eigenvalue weighted by molar-refractivity contribution is -0.870. The lowest BCUT2D eigenvalue weighted by Gasteiger charge is -2.28. The van der Waals surface area contributed by atoms with Crippen LogP contribution in [0.25, 0.3) is 0 Å². The number of nitrogens with zero attached hydrogens (tertiary/aromatic N) is 1. The van der Waals surface area contributed by atoms with E-state index in [1.54, 1.807) is 0 Å². The van der Waals surface area contributed by atoms with Crippen molar-refractivity contribution < 1.29 is 37.3 Å². The third kappa shape index (κ3) is 54.0. The number of carbonyl (C=O) groups is 1. The zero-order chi connectivity index (χ0) is 49.0. The van der Waals surface area contributed by atoms with E-state index >= 15 is 0 Å². The Hall–Kier alpha value is -2.84. The number of ether oxygens (including phenoxy) is 2. The molecule has 0 saturated heterocycles. The van der Waals surface area contributed by atoms with Crippen molar-refractivity contribution >= 4 is 13.8 Å². The largest absolute Gasteiger partial charge is 0.756 e. The highest BCUT2D eigenvalue weighted by Gasteiger charge is 2.20. The predicted molar refractivity (Wildman–Crippen MR) is 286 cm³/mol. The summed E-state index contributed by atoms with van der Waals surface area (Å²) in [6.45, 7) is 5.21. The van der Waals surface area contributed by atoms with E-state index in [1.807, 2.05) is 21.1 Å². The minimum absolute atomic E-state index is 0.0124. The summed E-state index contributed by atoms with van der Waals surface area (Å²) in [5, 5.41) is 0. The summed E-state index contributed by atoms with van der Waals surface area (Å²) in [6, 6.07) is 0. The number of rotatable bonds is 48. The molecule has 8 nitrogen and oxygen atoms in total. The van der Waals surface area contributed by atoms with E-state index < -0.39 is 13.9 Å². The Morgan fingerprint density at radius 2 is 0.866 bits per heavy atom. The van der Waals surface area contributed by atoms with Crippen molar-refractivity contribution in [2.24, 2.45) is 0 Å². The fourth-order valence-electron chi connectivity index (χ4n) is 6.73. The fraction of sp³-hybridized carbons (Fsp3) is 0.672. The van der Waals surface area contributed by atoms with Crippen molar-refractivity contribution in [1.82, 2.24) is 0 Å². The number of likely N-dealkylation sites (N-methyl/N-ethyl adjacent to an activating group) is 1. The number of hydrogen-bond donors (Lipinski definition) is 0. The minimum Gasteiger partial charge on any atom is -0.756 e. The predicted octanol–water partition coefficient (Wildman–Crippen LogP) is 16.1. The van der Waals surface area contributed by atoms with Crippen LogP contribution in [0.4, 0.5) is 0 Å². The molecule has 0 saturated carbocycles. The van der Waals surface area contributed by atoms with E-state index in [0.717, 1.165) is 83.5 Å². The van der Waals surface area contributed by atoms with Crippen LogP contribution in [0.5, 0.6) is 0 Å². The van der Waals surface area contributed by atoms with Gasteiger partial charge < -0.3 is 27.9 Å². The Morgan fingerprint density at radius 1 is 0.478 bits per heavy atom. The van der Waals surface area contributed by atoms with E-state index in [4.69, 9.17) is 18.5 Å². The van der Waals surface area contributed by atoms with Gasteiger partial charge in [0.05, 0.1) is 34.4 Å². The summed E-state index contributed by atoms with van der Waals surface area (Å²) in [5.74, 6) is -0.370. The van der Waals surface area contributed by atoms with E-state index in [0.29, 0.717) is 24.1 Å². The number of carbonyl (C=O) groups excluding carboxylic acids is 1. The number of esters is 1. The molecule has 0 radical (unpaired) electrons. The Kier molecular flexibility index (Phi) is 47.5. The molecule has 0 fully saturated rings. The first-order valence-corrected chi connectivity index (χ1v) is 28.1. The Balaban J connectivity index is 4.25. The average Bonchev–Trinajstić information content (AvgIpc) is 3.29. The second-order valence-electron chi connectivity index (χ2n) is 18.5. The maximum absolute atomic E-state index is 12.8. The van der Waals surface area contributed by atoms with Crippen LogP contribution in [0.15, 0.2) is 109 Å². The third-order valence-corrected chi connectivity index (χ3v) is 11.8. The molecule has 0 spiro atoms. The van der Waals surface area contributed by atoms with Gasteiger partial charge in [-0.25, -0.2) is 0 Å². The van der Waals surface area contributed by atoms with Gasteiger partial charge in [-0.15, -0.1) is 0 Å². The van der Waals surface area contributed by atoms with Gasteiger partial charge in [-0.05, 0) is 103 Å².